The van der Waals surface area contributed by atoms with Crippen LogP contribution >= 0.6 is 11.3 Å². The average molecular weight is 359 g/mol. The summed E-state index contributed by atoms with van der Waals surface area (Å²) in [5, 5.41) is 1.37. The van der Waals surface area contributed by atoms with Crippen LogP contribution in [0.3, 0.4) is 0 Å². The van der Waals surface area contributed by atoms with Gasteiger partial charge in [0.1, 0.15) is 16.4 Å². The molecule has 26 heavy (non-hydrogen) atoms. The van der Waals surface area contributed by atoms with E-state index in [4.69, 9.17) is 9.40 Å². The van der Waals surface area contributed by atoms with Crippen molar-refractivity contribution in [2.45, 2.75) is 39.5 Å². The Balaban J connectivity index is 1.83. The molecule has 0 aliphatic heterocycles. The summed E-state index contributed by atoms with van der Waals surface area (Å²) in [5.41, 5.74) is 6.24. The van der Waals surface area contributed by atoms with Gasteiger partial charge in [0.15, 0.2) is 0 Å². The summed E-state index contributed by atoms with van der Waals surface area (Å²) in [5.74, 6) is 1.88. The van der Waals surface area contributed by atoms with Crippen LogP contribution < -0.4 is 0 Å². The molecule has 0 saturated heterocycles. The number of thiophene rings is 1. The van der Waals surface area contributed by atoms with Crippen LogP contribution in [0.25, 0.3) is 32.6 Å². The molecule has 0 bridgehead atoms. The third-order valence-electron chi connectivity index (χ3n) is 5.33. The van der Waals surface area contributed by atoms with Crippen LogP contribution in [0.5, 0.6) is 0 Å². The molecule has 0 radical (unpaired) electrons. The van der Waals surface area contributed by atoms with Gasteiger partial charge < -0.3 is 4.42 Å². The van der Waals surface area contributed by atoms with Gasteiger partial charge in [-0.3, -0.25) is 0 Å². The van der Waals surface area contributed by atoms with E-state index in [-0.39, 0.29) is 0 Å². The van der Waals surface area contributed by atoms with E-state index in [2.05, 4.69) is 42.5 Å². The van der Waals surface area contributed by atoms with Gasteiger partial charge in [0.05, 0.1) is 5.69 Å². The van der Waals surface area contributed by atoms with E-state index in [0.29, 0.717) is 0 Å². The number of hydrogen-bond donors (Lipinski definition) is 0. The molecule has 3 aromatic heterocycles. The minimum atomic E-state index is 0.936. The summed E-state index contributed by atoms with van der Waals surface area (Å²) < 4.78 is 5.77. The van der Waals surface area contributed by atoms with E-state index >= 15 is 0 Å². The molecule has 1 aromatic carbocycles. The van der Waals surface area contributed by atoms with Gasteiger partial charge in [0.2, 0.25) is 0 Å². The number of rotatable bonds is 2. The maximum absolute atomic E-state index is 5.77. The first-order chi connectivity index (χ1) is 12.7. The average Bonchev–Trinajstić information content (AvgIpc) is 3.20. The van der Waals surface area contributed by atoms with Gasteiger partial charge >= 0.3 is 0 Å². The van der Waals surface area contributed by atoms with Crippen LogP contribution in [-0.4, -0.2) is 4.98 Å². The van der Waals surface area contributed by atoms with Gasteiger partial charge in [-0.05, 0) is 68.4 Å². The lowest BCUT2D eigenvalue weighted by Gasteiger charge is -2.13. The van der Waals surface area contributed by atoms with Crippen molar-refractivity contribution in [1.29, 1.82) is 0 Å². The van der Waals surface area contributed by atoms with Crippen molar-refractivity contribution < 1.29 is 4.42 Å². The van der Waals surface area contributed by atoms with Crippen molar-refractivity contribution in [3.63, 3.8) is 0 Å². The summed E-state index contributed by atoms with van der Waals surface area (Å²) in [4.78, 5) is 7.78. The van der Waals surface area contributed by atoms with E-state index < -0.39 is 0 Å². The molecular weight excluding hydrogens is 338 g/mol. The van der Waals surface area contributed by atoms with Crippen molar-refractivity contribution in [2.24, 2.45) is 0 Å². The molecule has 2 nitrogen and oxygen atoms in total. The predicted octanol–water partition coefficient (Wildman–Crippen LogP) is 6.72. The molecule has 0 N–H and O–H groups in total. The molecule has 0 atom stereocenters. The highest BCUT2D eigenvalue weighted by atomic mass is 32.1. The summed E-state index contributed by atoms with van der Waals surface area (Å²) >= 11 is 1.89. The van der Waals surface area contributed by atoms with Gasteiger partial charge in [0.25, 0.3) is 0 Å². The highest BCUT2D eigenvalue weighted by Gasteiger charge is 2.22. The number of fused-ring (bicyclic) bond motifs is 3. The van der Waals surface area contributed by atoms with Crippen LogP contribution in [0.2, 0.25) is 0 Å². The predicted molar refractivity (Wildman–Crippen MR) is 109 cm³/mol. The second-order valence-electron chi connectivity index (χ2n) is 7.14. The van der Waals surface area contributed by atoms with E-state index in [1.165, 1.54) is 57.5 Å². The Bertz CT molecular complexity index is 1100. The standard InChI is InChI=1S/C23H21NOS/c1-14-12-18(15(2)25-14)20-13-19(16-8-4-3-5-9-16)22-17-10-6-7-11-21(17)26-23(22)24-20/h3-5,8-9,12-13H,6-7,10-11H2,1-2H3. The molecule has 5 rings (SSSR count). The lowest BCUT2D eigenvalue weighted by atomic mass is 9.92. The molecule has 0 spiro atoms. The third kappa shape index (κ3) is 2.50. The van der Waals surface area contributed by atoms with Gasteiger partial charge in [-0.15, -0.1) is 11.3 Å². The fourth-order valence-corrected chi connectivity index (χ4v) is 5.41. The zero-order valence-electron chi connectivity index (χ0n) is 15.1. The van der Waals surface area contributed by atoms with E-state index in [1.54, 1.807) is 0 Å². The van der Waals surface area contributed by atoms with Gasteiger partial charge in [0, 0.05) is 15.8 Å². The number of pyridine rings is 1. The SMILES string of the molecule is Cc1cc(-c2cc(-c3ccccc3)c3c4c(sc3n2)CCCC4)c(C)o1. The zero-order chi connectivity index (χ0) is 17.7. The van der Waals surface area contributed by atoms with Crippen molar-refractivity contribution in [1.82, 2.24) is 4.98 Å². The molecule has 0 amide bonds. The van der Waals surface area contributed by atoms with E-state index in [0.717, 1.165) is 22.8 Å². The Labute approximate surface area is 157 Å². The quantitative estimate of drug-likeness (QED) is 0.397. The van der Waals surface area contributed by atoms with Crippen molar-refractivity contribution in [3.05, 3.63) is 64.4 Å². The topological polar surface area (TPSA) is 26.0 Å². The molecular formula is C23H21NOS. The number of furan rings is 1. The summed E-state index contributed by atoms with van der Waals surface area (Å²) in [6, 6.07) is 15.1. The Morgan fingerprint density at radius 1 is 0.962 bits per heavy atom. The smallest absolute Gasteiger partial charge is 0.125 e. The number of aryl methyl sites for hydroxylation is 4. The first-order valence-corrected chi connectivity index (χ1v) is 10.1. The fourth-order valence-electron chi connectivity index (χ4n) is 4.13. The third-order valence-corrected chi connectivity index (χ3v) is 6.51. The van der Waals surface area contributed by atoms with Crippen LogP contribution in [-0.2, 0) is 12.8 Å². The maximum Gasteiger partial charge on any atom is 0.125 e. The van der Waals surface area contributed by atoms with E-state index in [1.807, 2.05) is 25.2 Å². The summed E-state index contributed by atoms with van der Waals surface area (Å²) in [7, 11) is 0. The number of nitrogens with zero attached hydrogens (tertiary/aromatic N) is 1. The lowest BCUT2D eigenvalue weighted by molar-refractivity contribution is 0.505. The van der Waals surface area contributed by atoms with Gasteiger partial charge in [-0.25, -0.2) is 4.98 Å². The van der Waals surface area contributed by atoms with Crippen LogP contribution in [0.15, 0.2) is 46.9 Å². The Morgan fingerprint density at radius 3 is 2.54 bits per heavy atom. The minimum Gasteiger partial charge on any atom is -0.466 e. The van der Waals surface area contributed by atoms with E-state index in [9.17, 15) is 0 Å². The van der Waals surface area contributed by atoms with Crippen LogP contribution in [0.4, 0.5) is 0 Å². The fraction of sp³-hybridized carbons (Fsp3) is 0.261. The Kier molecular flexibility index (Phi) is 3.71. The first kappa shape index (κ1) is 15.8. The molecule has 1 aliphatic carbocycles. The number of benzene rings is 1. The molecule has 3 heterocycles. The number of hydrogen-bond acceptors (Lipinski definition) is 3. The largest absolute Gasteiger partial charge is 0.466 e. The molecule has 0 fully saturated rings. The molecule has 4 aromatic rings. The molecule has 3 heteroatoms. The molecule has 130 valence electrons. The second-order valence-corrected chi connectivity index (χ2v) is 8.22. The molecule has 0 saturated carbocycles. The van der Waals surface area contributed by atoms with Crippen LogP contribution in [0, 0.1) is 13.8 Å². The van der Waals surface area contributed by atoms with Crippen LogP contribution in [0.1, 0.15) is 34.8 Å². The Morgan fingerprint density at radius 2 is 1.77 bits per heavy atom. The maximum atomic E-state index is 5.77. The summed E-state index contributed by atoms with van der Waals surface area (Å²) in [6.45, 7) is 4.02. The summed E-state index contributed by atoms with van der Waals surface area (Å²) in [6.07, 6.45) is 4.96. The highest BCUT2D eigenvalue weighted by Crippen LogP contribution is 2.42. The monoisotopic (exact) mass is 359 g/mol. The van der Waals surface area contributed by atoms with Crippen molar-refractivity contribution >= 4 is 21.6 Å². The normalized spacial score (nSPS) is 13.9. The van der Waals surface area contributed by atoms with Gasteiger partial charge in [-0.1, -0.05) is 30.3 Å². The zero-order valence-corrected chi connectivity index (χ0v) is 16.0. The van der Waals surface area contributed by atoms with Crippen molar-refractivity contribution in [3.8, 4) is 22.4 Å². The van der Waals surface area contributed by atoms with Gasteiger partial charge in [-0.2, -0.15) is 0 Å². The number of aromatic nitrogens is 1. The second kappa shape index (κ2) is 6.10. The first-order valence-electron chi connectivity index (χ1n) is 9.29. The van der Waals surface area contributed by atoms with Crippen molar-refractivity contribution in [2.75, 3.05) is 0 Å². The Hall–Kier alpha value is -2.39. The molecule has 1 aliphatic rings. The lowest BCUT2D eigenvalue weighted by Crippen LogP contribution is -1.98. The highest BCUT2D eigenvalue weighted by molar-refractivity contribution is 7.19. The molecule has 0 unspecified atom stereocenters. The minimum absolute atomic E-state index is 0.936.